The van der Waals surface area contributed by atoms with Crippen molar-refractivity contribution in [1.82, 2.24) is 9.88 Å². The molecule has 0 spiro atoms. The smallest absolute Gasteiger partial charge is 0.310 e. The highest BCUT2D eigenvalue weighted by Crippen LogP contribution is 2.37. The number of nitrogens with two attached hydrogens (primary N) is 1. The lowest BCUT2D eigenvalue weighted by Crippen LogP contribution is -2.50. The van der Waals surface area contributed by atoms with Crippen LogP contribution in [0.1, 0.15) is 36.4 Å². The second kappa shape index (κ2) is 6.49. The topological polar surface area (TPSA) is 76.7 Å². The number of piperidine rings is 1. The molecule has 1 amide bonds. The molecule has 2 unspecified atom stereocenters. The van der Waals surface area contributed by atoms with E-state index in [1.807, 2.05) is 4.90 Å². The fourth-order valence-electron chi connectivity index (χ4n) is 3.98. The molecule has 2 bridgehead atoms. The molecule has 1 aromatic carbocycles. The van der Waals surface area contributed by atoms with E-state index in [-0.39, 0.29) is 40.3 Å². The average Bonchev–Trinajstić information content (AvgIpc) is 3.12. The number of rotatable bonds is 2. The van der Waals surface area contributed by atoms with E-state index >= 15 is 0 Å². The maximum Gasteiger partial charge on any atom is 0.310 e. The van der Waals surface area contributed by atoms with Crippen molar-refractivity contribution in [1.29, 1.82) is 0 Å². The van der Waals surface area contributed by atoms with Gasteiger partial charge in [-0.1, -0.05) is 12.1 Å². The van der Waals surface area contributed by atoms with Gasteiger partial charge in [0.1, 0.15) is 11.5 Å². The predicted molar refractivity (Wildman–Crippen MR) is 96.0 cm³/mol. The lowest BCUT2D eigenvalue weighted by molar-refractivity contribution is 0.0533. The van der Waals surface area contributed by atoms with Crippen LogP contribution in [-0.4, -0.2) is 33.9 Å². The second-order valence-electron chi connectivity index (χ2n) is 6.75. The van der Waals surface area contributed by atoms with Gasteiger partial charge in [-0.2, -0.15) is 0 Å². The molecule has 6 nitrogen and oxygen atoms in total. The summed E-state index contributed by atoms with van der Waals surface area (Å²) in [4.78, 5) is 22.2. The Morgan fingerprint density at radius 3 is 2.69 bits per heavy atom. The summed E-state index contributed by atoms with van der Waals surface area (Å²) in [6, 6.07) is 4.56. The molecule has 2 atom stereocenters. The first-order valence-corrected chi connectivity index (χ1v) is 9.19. The van der Waals surface area contributed by atoms with Gasteiger partial charge in [0, 0.05) is 23.7 Å². The van der Waals surface area contributed by atoms with E-state index < -0.39 is 5.82 Å². The highest BCUT2D eigenvalue weighted by molar-refractivity contribution is 9.10. The molecule has 0 radical (unpaired) electrons. The van der Waals surface area contributed by atoms with Crippen LogP contribution in [0, 0.1) is 12.4 Å². The highest BCUT2D eigenvalue weighted by Gasteiger charge is 2.44. The van der Waals surface area contributed by atoms with Gasteiger partial charge in [-0.15, -0.1) is 0 Å². The van der Waals surface area contributed by atoms with Crippen molar-refractivity contribution < 1.29 is 13.6 Å². The van der Waals surface area contributed by atoms with E-state index in [4.69, 9.17) is 16.7 Å². The maximum absolute atomic E-state index is 13.9. The minimum absolute atomic E-state index is 0.0195. The lowest BCUT2D eigenvalue weighted by atomic mass is 9.98. The Morgan fingerprint density at radius 2 is 2.08 bits per heavy atom. The number of amides is 1. The number of carbonyl (C=O) groups is 1. The second-order valence-corrected chi connectivity index (χ2v) is 7.47. The molecule has 0 saturated carbocycles. The van der Waals surface area contributed by atoms with Crippen LogP contribution in [0.4, 0.5) is 10.1 Å². The molecule has 4 rings (SSSR count). The van der Waals surface area contributed by atoms with Crippen LogP contribution in [0.3, 0.4) is 0 Å². The zero-order chi connectivity index (χ0) is 18.4. The van der Waals surface area contributed by atoms with Crippen molar-refractivity contribution in [2.24, 2.45) is 5.73 Å². The summed E-state index contributed by atoms with van der Waals surface area (Å²) in [5.41, 5.74) is 6.77. The highest BCUT2D eigenvalue weighted by atomic mass is 79.9. The lowest BCUT2D eigenvalue weighted by Gasteiger charge is -2.36. The molecule has 0 aliphatic carbocycles. The Bertz CT molecular complexity index is 908. The molecule has 3 heterocycles. The van der Waals surface area contributed by atoms with Crippen LogP contribution in [0.5, 0.6) is 0 Å². The van der Waals surface area contributed by atoms with Crippen LogP contribution in [0.2, 0.25) is 0 Å². The molecule has 1 aromatic heterocycles. The van der Waals surface area contributed by atoms with E-state index in [0.717, 1.165) is 25.7 Å². The molecular formula is C18H16BrFN4O2. The number of hydrogen-bond acceptors (Lipinski definition) is 4. The summed E-state index contributed by atoms with van der Waals surface area (Å²) < 4.78 is 19.7. The van der Waals surface area contributed by atoms with Crippen LogP contribution >= 0.6 is 15.9 Å². The number of halogens is 2. The molecule has 134 valence electrons. The summed E-state index contributed by atoms with van der Waals surface area (Å²) in [7, 11) is 0. The molecule has 26 heavy (non-hydrogen) atoms. The molecule has 2 N–H and O–H groups in total. The number of carbonyl (C=O) groups excluding carboxylic acids is 1. The third-order valence-corrected chi connectivity index (χ3v) is 5.65. The van der Waals surface area contributed by atoms with Crippen molar-refractivity contribution in [2.45, 2.75) is 43.8 Å². The van der Waals surface area contributed by atoms with Crippen molar-refractivity contribution in [2.75, 3.05) is 0 Å². The predicted octanol–water partition coefficient (Wildman–Crippen LogP) is 3.89. The molecular weight excluding hydrogens is 403 g/mol. The summed E-state index contributed by atoms with van der Waals surface area (Å²) >= 11 is 3.26. The van der Waals surface area contributed by atoms with Crippen molar-refractivity contribution in [3.63, 3.8) is 0 Å². The largest absolute Gasteiger partial charge is 0.425 e. The van der Waals surface area contributed by atoms with Crippen LogP contribution in [-0.2, 0) is 0 Å². The van der Waals surface area contributed by atoms with Gasteiger partial charge in [0.15, 0.2) is 4.67 Å². The number of benzene rings is 1. The molecule has 2 aliphatic rings. The first-order valence-electron chi connectivity index (χ1n) is 8.40. The van der Waals surface area contributed by atoms with Gasteiger partial charge >= 0.3 is 5.91 Å². The number of aromatic nitrogens is 1. The molecule has 2 saturated heterocycles. The fraction of sp³-hybridized carbons (Fsp3) is 0.389. The SMILES string of the molecule is [C-]#[N+]c1ccc(-c2nc(C(=O)N3C4CCC3CC(N)C4)oc2Br)cc1F. The average molecular weight is 419 g/mol. The number of nitrogens with zero attached hydrogens (tertiary/aromatic N) is 3. The Kier molecular flexibility index (Phi) is 4.29. The Balaban J connectivity index is 1.64. The zero-order valence-corrected chi connectivity index (χ0v) is 15.4. The van der Waals surface area contributed by atoms with Crippen LogP contribution in [0.15, 0.2) is 27.3 Å². The van der Waals surface area contributed by atoms with E-state index in [9.17, 15) is 9.18 Å². The van der Waals surface area contributed by atoms with Crippen molar-refractivity contribution >= 4 is 27.5 Å². The Hall–Kier alpha value is -2.24. The van der Waals surface area contributed by atoms with E-state index in [1.54, 1.807) is 6.07 Å². The van der Waals surface area contributed by atoms with Gasteiger partial charge in [-0.3, -0.25) is 4.79 Å². The van der Waals surface area contributed by atoms with Gasteiger partial charge in [0.05, 0.1) is 6.57 Å². The maximum atomic E-state index is 13.9. The third-order valence-electron chi connectivity index (χ3n) is 5.11. The van der Waals surface area contributed by atoms with Crippen molar-refractivity contribution in [3.8, 4) is 11.3 Å². The number of fused-ring (bicyclic) bond motifs is 2. The summed E-state index contributed by atoms with van der Waals surface area (Å²) in [6.45, 7) is 6.92. The minimum atomic E-state index is -0.636. The Morgan fingerprint density at radius 1 is 1.38 bits per heavy atom. The van der Waals surface area contributed by atoms with Gasteiger partial charge in [0.2, 0.25) is 5.69 Å². The molecule has 2 fully saturated rings. The standard InChI is InChI=1S/C18H16BrFN4O2/c1-22-14-5-2-9(6-13(14)20)15-16(19)26-17(23-15)18(25)24-11-3-4-12(24)8-10(21)7-11/h2,5-6,10-12H,3-4,7-8,21H2. The van der Waals surface area contributed by atoms with Crippen LogP contribution < -0.4 is 5.73 Å². The summed E-state index contributed by atoms with van der Waals surface area (Å²) in [5, 5.41) is 0. The minimum Gasteiger partial charge on any atom is -0.425 e. The molecule has 8 heteroatoms. The molecule has 2 aliphatic heterocycles. The van der Waals surface area contributed by atoms with Crippen LogP contribution in [0.25, 0.3) is 16.1 Å². The summed E-state index contributed by atoms with van der Waals surface area (Å²) in [5.74, 6) is -0.910. The summed E-state index contributed by atoms with van der Waals surface area (Å²) in [6.07, 6.45) is 3.48. The first kappa shape index (κ1) is 17.2. The van der Waals surface area contributed by atoms with E-state index in [2.05, 4.69) is 25.8 Å². The van der Waals surface area contributed by atoms with E-state index in [1.165, 1.54) is 12.1 Å². The zero-order valence-electron chi connectivity index (χ0n) is 13.8. The third kappa shape index (κ3) is 2.81. The van der Waals surface area contributed by atoms with Crippen molar-refractivity contribution in [3.05, 3.63) is 46.0 Å². The number of hydrogen-bond donors (Lipinski definition) is 1. The fourth-order valence-corrected chi connectivity index (χ4v) is 4.45. The molecule has 2 aromatic rings. The number of oxazole rings is 1. The van der Waals surface area contributed by atoms with Gasteiger partial charge in [0.25, 0.3) is 5.89 Å². The normalized spacial score (nSPS) is 24.5. The first-order chi connectivity index (χ1) is 12.5. The van der Waals surface area contributed by atoms with Gasteiger partial charge in [-0.25, -0.2) is 14.2 Å². The van der Waals surface area contributed by atoms with Gasteiger partial charge < -0.3 is 15.1 Å². The Labute approximate surface area is 158 Å². The van der Waals surface area contributed by atoms with Gasteiger partial charge in [-0.05, 0) is 47.7 Å². The van der Waals surface area contributed by atoms with E-state index in [0.29, 0.717) is 11.3 Å². The monoisotopic (exact) mass is 418 g/mol. The quantitative estimate of drug-likeness (QED) is 0.750.